The van der Waals surface area contributed by atoms with E-state index in [9.17, 15) is 32.3 Å². The molecule has 16 heteroatoms. The van der Waals surface area contributed by atoms with E-state index >= 15 is 0 Å². The highest BCUT2D eigenvalue weighted by Crippen LogP contribution is 2.38. The highest BCUT2D eigenvalue weighted by Gasteiger charge is 2.53. The second kappa shape index (κ2) is 12.5. The second-order valence-corrected chi connectivity index (χ2v) is 9.75. The Morgan fingerprint density at radius 2 is 1.69 bits per heavy atom. The van der Waals surface area contributed by atoms with Gasteiger partial charge in [0.1, 0.15) is 5.84 Å². The van der Waals surface area contributed by atoms with E-state index in [-0.39, 0.29) is 57.4 Å². The van der Waals surface area contributed by atoms with Crippen LogP contribution in [-0.4, -0.2) is 58.4 Å². The second-order valence-electron chi connectivity index (χ2n) is 9.75. The molecule has 0 bridgehead atoms. The van der Waals surface area contributed by atoms with E-state index < -0.39 is 41.2 Å². The predicted molar refractivity (Wildman–Crippen MR) is 151 cm³/mol. The summed E-state index contributed by atoms with van der Waals surface area (Å²) in [5.74, 6) is -6.58. The third-order valence-electron chi connectivity index (χ3n) is 6.23. The van der Waals surface area contributed by atoms with Crippen LogP contribution >= 0.6 is 0 Å². The molecular weight excluding hydrogens is 601 g/mol. The van der Waals surface area contributed by atoms with E-state index in [2.05, 4.69) is 10.3 Å². The smallest absolute Gasteiger partial charge is 0.490 e. The highest BCUT2D eigenvalue weighted by molar-refractivity contribution is 6.21. The number of fused-ring (bicyclic) bond motifs is 1. The van der Waals surface area contributed by atoms with E-state index in [0.717, 1.165) is 18.3 Å². The Morgan fingerprint density at radius 3 is 2.27 bits per heavy atom. The van der Waals surface area contributed by atoms with Crippen LogP contribution in [0.25, 0.3) is 0 Å². The molecule has 3 aromatic rings. The topological polar surface area (TPSA) is 186 Å². The van der Waals surface area contributed by atoms with Gasteiger partial charge in [-0.05, 0) is 69.3 Å². The fourth-order valence-corrected chi connectivity index (χ4v) is 4.24. The third kappa shape index (κ3) is 6.63. The van der Waals surface area contributed by atoms with E-state index in [0.29, 0.717) is 0 Å². The maximum Gasteiger partial charge on any atom is 0.491 e. The fourth-order valence-electron chi connectivity index (χ4n) is 4.24. The van der Waals surface area contributed by atoms with Crippen LogP contribution in [-0.2, 0) is 20.1 Å². The van der Waals surface area contributed by atoms with E-state index in [1.165, 1.54) is 42.6 Å². The number of nitrogen functional groups attached to an aromatic ring is 1. The van der Waals surface area contributed by atoms with Gasteiger partial charge in [0.15, 0.2) is 11.5 Å². The number of benzene rings is 2. The number of aromatic nitrogens is 1. The molecule has 0 saturated heterocycles. The van der Waals surface area contributed by atoms with Crippen molar-refractivity contribution in [3.63, 3.8) is 0 Å². The van der Waals surface area contributed by atoms with Crippen molar-refractivity contribution in [1.82, 2.24) is 15.4 Å². The van der Waals surface area contributed by atoms with Crippen LogP contribution in [0, 0.1) is 5.41 Å². The number of nitrogens with zero attached hydrogens (tertiary/aromatic N) is 2. The summed E-state index contributed by atoms with van der Waals surface area (Å²) in [6.45, 7) is 5.14. The lowest BCUT2D eigenvalue weighted by Crippen LogP contribution is -2.59. The molecule has 45 heavy (non-hydrogen) atoms. The molecule has 3 amide bonds. The summed E-state index contributed by atoms with van der Waals surface area (Å²) in [5, 5.41) is 10.4. The molecule has 1 unspecified atom stereocenters. The van der Waals surface area contributed by atoms with Gasteiger partial charge in [0, 0.05) is 29.2 Å². The fraction of sp³-hybridized carbons (Fsp3) is 0.241. The molecule has 0 fully saturated rings. The molecule has 1 aromatic heterocycles. The Hall–Kier alpha value is -5.67. The number of hydrogen-bond acceptors (Lipinski definition) is 10. The first-order valence-corrected chi connectivity index (χ1v) is 13.3. The van der Waals surface area contributed by atoms with Crippen molar-refractivity contribution in [2.75, 3.05) is 11.9 Å². The number of pyridine rings is 1. The Bertz CT molecular complexity index is 1630. The Kier molecular flexibility index (Phi) is 8.97. The number of anilines is 1. The molecule has 5 N–H and O–H groups in total. The summed E-state index contributed by atoms with van der Waals surface area (Å²) in [6, 6.07) is 9.93. The summed E-state index contributed by atoms with van der Waals surface area (Å²) >= 11 is 0. The number of carbonyl (C=O) groups excluding carboxylic acids is 4. The van der Waals surface area contributed by atoms with Gasteiger partial charge in [0.05, 0.1) is 23.8 Å². The van der Waals surface area contributed by atoms with Gasteiger partial charge >= 0.3 is 18.1 Å². The number of imide groups is 1. The molecule has 0 saturated carbocycles. The van der Waals surface area contributed by atoms with Gasteiger partial charge in [-0.2, -0.15) is 18.2 Å². The maximum absolute atomic E-state index is 14.1. The maximum atomic E-state index is 14.1. The zero-order chi connectivity index (χ0) is 33.1. The molecule has 13 nitrogen and oxygen atoms in total. The Labute approximate surface area is 253 Å². The lowest BCUT2D eigenvalue weighted by Gasteiger charge is -2.35. The number of hydrogen-bond donors (Lipinski definition) is 4. The van der Waals surface area contributed by atoms with Gasteiger partial charge < -0.3 is 25.3 Å². The Morgan fingerprint density at radius 1 is 1.02 bits per heavy atom. The molecule has 0 aliphatic carbocycles. The number of rotatable bonds is 11. The molecular formula is C29H27F3N6O7. The van der Waals surface area contributed by atoms with Crippen molar-refractivity contribution in [3.05, 3.63) is 83.2 Å². The SMILES string of the molecule is CCOc1cc(C(Nc2ccc(C(=N)N)cc2)(OC(=O)C(F)(F)F)C(=O)NN2C(=O)c3ccncc3C2=O)ccc1OC(C)C. The van der Waals surface area contributed by atoms with Crippen LogP contribution in [0.2, 0.25) is 0 Å². The minimum absolute atomic E-state index is 0.0236. The van der Waals surface area contributed by atoms with Crippen LogP contribution in [0.4, 0.5) is 18.9 Å². The van der Waals surface area contributed by atoms with Gasteiger partial charge in [-0.25, -0.2) is 4.79 Å². The van der Waals surface area contributed by atoms with Gasteiger partial charge in [0.2, 0.25) is 0 Å². The number of esters is 1. The van der Waals surface area contributed by atoms with Gasteiger partial charge in [-0.1, -0.05) is 0 Å². The molecule has 2 aromatic carbocycles. The van der Waals surface area contributed by atoms with Gasteiger partial charge in [-0.3, -0.25) is 30.2 Å². The van der Waals surface area contributed by atoms with E-state index in [4.69, 9.17) is 25.4 Å². The number of hydrazine groups is 1. The average molecular weight is 629 g/mol. The van der Waals surface area contributed by atoms with Crippen molar-refractivity contribution in [1.29, 1.82) is 5.41 Å². The van der Waals surface area contributed by atoms with Gasteiger partial charge in [-0.15, -0.1) is 0 Å². The molecule has 1 aliphatic rings. The quantitative estimate of drug-likeness (QED) is 0.0808. The van der Waals surface area contributed by atoms with Crippen molar-refractivity contribution in [2.45, 2.75) is 38.8 Å². The highest BCUT2D eigenvalue weighted by atomic mass is 19.4. The number of alkyl halides is 3. The van der Waals surface area contributed by atoms with Gasteiger partial charge in [0.25, 0.3) is 17.5 Å². The molecule has 1 atom stereocenters. The molecule has 0 spiro atoms. The third-order valence-corrected chi connectivity index (χ3v) is 6.23. The van der Waals surface area contributed by atoms with E-state index in [1.807, 2.05) is 5.43 Å². The first-order valence-electron chi connectivity index (χ1n) is 13.3. The number of amides is 3. The number of ether oxygens (including phenoxy) is 3. The lowest BCUT2D eigenvalue weighted by molar-refractivity contribution is -0.213. The normalized spacial score (nSPS) is 14.0. The number of amidine groups is 1. The first-order chi connectivity index (χ1) is 21.2. The molecule has 0 radical (unpaired) electrons. The molecule has 1 aliphatic heterocycles. The monoisotopic (exact) mass is 628 g/mol. The minimum Gasteiger partial charge on any atom is -0.490 e. The van der Waals surface area contributed by atoms with E-state index in [1.54, 1.807) is 20.8 Å². The Balaban J connectivity index is 1.91. The van der Waals surface area contributed by atoms with Crippen LogP contribution < -0.4 is 25.9 Å². The minimum atomic E-state index is -5.59. The van der Waals surface area contributed by atoms with Crippen LogP contribution in [0.15, 0.2) is 60.9 Å². The number of halogens is 3. The average Bonchev–Trinajstić information content (AvgIpc) is 3.22. The zero-order valence-corrected chi connectivity index (χ0v) is 24.0. The molecule has 4 rings (SSSR count). The number of carbonyl (C=O) groups is 4. The van der Waals surface area contributed by atoms with Crippen LogP contribution in [0.5, 0.6) is 11.5 Å². The standard InChI is InChI=1S/C29H27F3N6O7/c1-4-43-22-13-17(7-10-21(22)44-15(2)3)28(45-27(42)29(30,31)32,36-18-8-5-16(6-9-18)23(33)34)26(41)37-38-24(39)19-11-12-35-14-20(19)25(38)40/h5-15,36H,4H2,1-3H3,(H3,33,34)(H,37,41). The van der Waals surface area contributed by atoms with Crippen molar-refractivity contribution in [3.8, 4) is 11.5 Å². The lowest BCUT2D eigenvalue weighted by atomic mass is 9.99. The van der Waals surface area contributed by atoms with Crippen LogP contribution in [0.1, 0.15) is 52.6 Å². The summed E-state index contributed by atoms with van der Waals surface area (Å²) in [4.78, 5) is 56.4. The largest absolute Gasteiger partial charge is 0.491 e. The zero-order valence-electron chi connectivity index (χ0n) is 24.0. The predicted octanol–water partition coefficient (Wildman–Crippen LogP) is 3.25. The first kappa shape index (κ1) is 32.2. The summed E-state index contributed by atoms with van der Waals surface area (Å²) in [6.07, 6.45) is -3.63. The van der Waals surface area contributed by atoms with Crippen molar-refractivity contribution >= 4 is 35.2 Å². The molecule has 236 valence electrons. The van der Waals surface area contributed by atoms with Crippen molar-refractivity contribution in [2.24, 2.45) is 5.73 Å². The molecule has 2 heterocycles. The van der Waals surface area contributed by atoms with Crippen molar-refractivity contribution < 1.29 is 46.6 Å². The summed E-state index contributed by atoms with van der Waals surface area (Å²) in [5.41, 5.74) is 3.83. The number of nitrogens with two attached hydrogens (primary N) is 1. The number of nitrogens with one attached hydrogen (secondary N) is 3. The van der Waals surface area contributed by atoms with Crippen LogP contribution in [0.3, 0.4) is 0 Å². The summed E-state index contributed by atoms with van der Waals surface area (Å²) in [7, 11) is 0. The summed E-state index contributed by atoms with van der Waals surface area (Å²) < 4.78 is 57.4.